The van der Waals surface area contributed by atoms with Crippen molar-refractivity contribution in [3.63, 3.8) is 0 Å². The number of hydrogen-bond acceptors (Lipinski definition) is 2. The second-order valence-electron chi connectivity index (χ2n) is 4.07. The number of nitrogens with one attached hydrogen (secondary N) is 1. The maximum atomic E-state index is 11.7. The summed E-state index contributed by atoms with van der Waals surface area (Å²) in [4.78, 5) is 22.2. The lowest BCUT2D eigenvalue weighted by Crippen LogP contribution is -2.30. The standard InChI is InChI=1S/C11H15ClN2O3/c1-7(3-10(15)16)5-13-11(17)9-4-8(12)6-14(9)2/h4,6-7H,3,5H2,1-2H3,(H,13,17)(H,15,16). The SMILES string of the molecule is CC(CNC(=O)c1cc(Cl)cn1C)CC(=O)O. The number of aromatic nitrogens is 1. The monoisotopic (exact) mass is 258 g/mol. The third-order valence-corrected chi connectivity index (χ3v) is 2.55. The smallest absolute Gasteiger partial charge is 0.303 e. The lowest BCUT2D eigenvalue weighted by molar-refractivity contribution is -0.137. The zero-order valence-corrected chi connectivity index (χ0v) is 10.5. The van der Waals surface area contributed by atoms with E-state index in [4.69, 9.17) is 16.7 Å². The van der Waals surface area contributed by atoms with E-state index < -0.39 is 5.97 Å². The molecule has 0 aromatic carbocycles. The molecule has 0 aliphatic rings. The van der Waals surface area contributed by atoms with E-state index in [2.05, 4.69) is 5.32 Å². The lowest BCUT2D eigenvalue weighted by atomic mass is 10.1. The van der Waals surface area contributed by atoms with Crippen LogP contribution in [-0.2, 0) is 11.8 Å². The zero-order chi connectivity index (χ0) is 13.0. The molecule has 1 heterocycles. The molecule has 1 unspecified atom stereocenters. The first kappa shape index (κ1) is 13.6. The highest BCUT2D eigenvalue weighted by molar-refractivity contribution is 6.31. The van der Waals surface area contributed by atoms with Gasteiger partial charge >= 0.3 is 5.97 Å². The summed E-state index contributed by atoms with van der Waals surface area (Å²) in [5.41, 5.74) is 0.456. The van der Waals surface area contributed by atoms with Crippen molar-refractivity contribution in [1.29, 1.82) is 0 Å². The molecule has 0 aliphatic heterocycles. The van der Waals surface area contributed by atoms with Crippen molar-refractivity contribution in [2.75, 3.05) is 6.54 Å². The molecule has 94 valence electrons. The fourth-order valence-electron chi connectivity index (χ4n) is 1.48. The molecule has 6 heteroatoms. The molecular weight excluding hydrogens is 244 g/mol. The molecule has 1 atom stereocenters. The Morgan fingerprint density at radius 3 is 2.71 bits per heavy atom. The number of carbonyl (C=O) groups excluding carboxylic acids is 1. The minimum Gasteiger partial charge on any atom is -0.481 e. The van der Waals surface area contributed by atoms with Gasteiger partial charge in [0.05, 0.1) is 5.02 Å². The van der Waals surface area contributed by atoms with Gasteiger partial charge in [0.15, 0.2) is 0 Å². The van der Waals surface area contributed by atoms with E-state index in [0.717, 1.165) is 0 Å². The molecule has 2 N–H and O–H groups in total. The molecular formula is C11H15ClN2O3. The lowest BCUT2D eigenvalue weighted by Gasteiger charge is -2.10. The first-order valence-corrected chi connectivity index (χ1v) is 5.59. The van der Waals surface area contributed by atoms with Crippen molar-refractivity contribution in [3.05, 3.63) is 23.0 Å². The van der Waals surface area contributed by atoms with Gasteiger partial charge in [-0.1, -0.05) is 18.5 Å². The summed E-state index contributed by atoms with van der Waals surface area (Å²) in [5, 5.41) is 11.8. The van der Waals surface area contributed by atoms with Crippen molar-refractivity contribution < 1.29 is 14.7 Å². The fraction of sp³-hybridized carbons (Fsp3) is 0.455. The Morgan fingerprint density at radius 1 is 1.59 bits per heavy atom. The van der Waals surface area contributed by atoms with Gasteiger partial charge in [0.25, 0.3) is 5.91 Å². The topological polar surface area (TPSA) is 71.3 Å². The third kappa shape index (κ3) is 4.11. The minimum absolute atomic E-state index is 0.0359. The van der Waals surface area contributed by atoms with Crippen molar-refractivity contribution in [2.45, 2.75) is 13.3 Å². The Kier molecular flexibility index (Phi) is 4.57. The predicted octanol–water partition coefficient (Wildman–Crippen LogP) is 1.52. The molecule has 0 spiro atoms. The Bertz CT molecular complexity index is 428. The molecule has 1 aromatic rings. The van der Waals surface area contributed by atoms with Gasteiger partial charge in [-0.15, -0.1) is 0 Å². The molecule has 0 fully saturated rings. The maximum Gasteiger partial charge on any atom is 0.303 e. The van der Waals surface area contributed by atoms with E-state index in [9.17, 15) is 9.59 Å². The highest BCUT2D eigenvalue weighted by atomic mass is 35.5. The molecule has 0 bridgehead atoms. The van der Waals surface area contributed by atoms with Crippen LogP contribution < -0.4 is 5.32 Å². The number of aliphatic carboxylic acids is 1. The van der Waals surface area contributed by atoms with Gasteiger partial charge < -0.3 is 15.0 Å². The largest absolute Gasteiger partial charge is 0.481 e. The van der Waals surface area contributed by atoms with Gasteiger partial charge in [0.1, 0.15) is 5.69 Å². The number of amides is 1. The summed E-state index contributed by atoms with van der Waals surface area (Å²) >= 11 is 5.76. The molecule has 0 radical (unpaired) electrons. The van der Waals surface area contributed by atoms with Crippen LogP contribution >= 0.6 is 11.6 Å². The fourth-order valence-corrected chi connectivity index (χ4v) is 1.73. The zero-order valence-electron chi connectivity index (χ0n) is 9.74. The van der Waals surface area contributed by atoms with Gasteiger partial charge in [-0.2, -0.15) is 0 Å². The average molecular weight is 259 g/mol. The van der Waals surface area contributed by atoms with Crippen LogP contribution in [0.4, 0.5) is 0 Å². The van der Waals surface area contributed by atoms with E-state index in [1.165, 1.54) is 0 Å². The number of aryl methyl sites for hydroxylation is 1. The summed E-state index contributed by atoms with van der Waals surface area (Å²) in [6.07, 6.45) is 1.67. The molecule has 1 rings (SSSR count). The Labute approximate surface area is 104 Å². The number of rotatable bonds is 5. The molecule has 5 nitrogen and oxygen atoms in total. The Morgan fingerprint density at radius 2 is 2.24 bits per heavy atom. The predicted molar refractivity (Wildman–Crippen MR) is 64.2 cm³/mol. The number of carboxylic acid groups (broad SMARTS) is 1. The van der Waals surface area contributed by atoms with Crippen LogP contribution in [0.5, 0.6) is 0 Å². The highest BCUT2D eigenvalue weighted by Crippen LogP contribution is 2.12. The van der Waals surface area contributed by atoms with Gasteiger partial charge in [0, 0.05) is 26.2 Å². The second-order valence-corrected chi connectivity index (χ2v) is 4.50. The third-order valence-electron chi connectivity index (χ3n) is 2.34. The van der Waals surface area contributed by atoms with Crippen molar-refractivity contribution in [3.8, 4) is 0 Å². The van der Waals surface area contributed by atoms with E-state index in [1.54, 1.807) is 30.8 Å². The maximum absolute atomic E-state index is 11.7. The van der Waals surface area contributed by atoms with Gasteiger partial charge in [0.2, 0.25) is 0 Å². The number of carboxylic acids is 1. The quantitative estimate of drug-likeness (QED) is 0.841. The van der Waals surface area contributed by atoms with Crippen LogP contribution in [0.1, 0.15) is 23.8 Å². The number of hydrogen-bond donors (Lipinski definition) is 2. The molecule has 17 heavy (non-hydrogen) atoms. The van der Waals surface area contributed by atoms with Crippen molar-refractivity contribution >= 4 is 23.5 Å². The van der Waals surface area contributed by atoms with E-state index in [-0.39, 0.29) is 18.2 Å². The average Bonchev–Trinajstić information content (AvgIpc) is 2.53. The summed E-state index contributed by atoms with van der Waals surface area (Å²) in [5.74, 6) is -1.22. The van der Waals surface area contributed by atoms with Gasteiger partial charge in [-0.25, -0.2) is 0 Å². The summed E-state index contributed by atoms with van der Waals surface area (Å²) in [7, 11) is 1.72. The first-order chi connectivity index (χ1) is 7.90. The second kappa shape index (κ2) is 5.72. The van der Waals surface area contributed by atoms with Crippen molar-refractivity contribution in [1.82, 2.24) is 9.88 Å². The molecule has 1 aromatic heterocycles. The normalized spacial score (nSPS) is 12.2. The van der Waals surface area contributed by atoms with E-state index in [1.807, 2.05) is 0 Å². The Balaban J connectivity index is 2.50. The minimum atomic E-state index is -0.867. The van der Waals surface area contributed by atoms with Crippen LogP contribution in [0.2, 0.25) is 5.02 Å². The molecule has 0 saturated heterocycles. The first-order valence-electron chi connectivity index (χ1n) is 5.22. The number of halogens is 1. The summed E-state index contributed by atoms with van der Waals surface area (Å²) < 4.78 is 1.62. The van der Waals surface area contributed by atoms with Crippen LogP contribution in [-0.4, -0.2) is 28.1 Å². The van der Waals surface area contributed by atoms with Crippen LogP contribution in [0.25, 0.3) is 0 Å². The van der Waals surface area contributed by atoms with Gasteiger partial charge in [-0.05, 0) is 12.0 Å². The van der Waals surface area contributed by atoms with E-state index >= 15 is 0 Å². The number of nitrogens with zero attached hydrogens (tertiary/aromatic N) is 1. The Hall–Kier alpha value is -1.49. The number of carbonyl (C=O) groups is 2. The van der Waals surface area contributed by atoms with Crippen LogP contribution in [0, 0.1) is 5.92 Å². The molecule has 0 saturated carbocycles. The van der Waals surface area contributed by atoms with Gasteiger partial charge in [-0.3, -0.25) is 9.59 Å². The highest BCUT2D eigenvalue weighted by Gasteiger charge is 2.13. The summed E-state index contributed by atoms with van der Waals surface area (Å²) in [6.45, 7) is 2.10. The molecule has 0 aliphatic carbocycles. The van der Waals surface area contributed by atoms with Crippen LogP contribution in [0.3, 0.4) is 0 Å². The summed E-state index contributed by atoms with van der Waals surface area (Å²) in [6, 6.07) is 1.57. The van der Waals surface area contributed by atoms with Crippen molar-refractivity contribution in [2.24, 2.45) is 13.0 Å². The molecule has 1 amide bonds. The van der Waals surface area contributed by atoms with E-state index in [0.29, 0.717) is 17.3 Å². The van der Waals surface area contributed by atoms with Crippen LogP contribution in [0.15, 0.2) is 12.3 Å².